The van der Waals surface area contributed by atoms with Crippen molar-refractivity contribution in [2.75, 3.05) is 18.5 Å². The Bertz CT molecular complexity index is 459. The maximum absolute atomic E-state index is 6.00. The third kappa shape index (κ3) is 3.42. The molecule has 1 aliphatic heterocycles. The van der Waals surface area contributed by atoms with Crippen molar-refractivity contribution in [1.82, 2.24) is 9.97 Å². The van der Waals surface area contributed by atoms with Crippen LogP contribution in [0.5, 0.6) is 0 Å². The number of anilines is 1. The van der Waals surface area contributed by atoms with Crippen molar-refractivity contribution in [3.63, 3.8) is 0 Å². The van der Waals surface area contributed by atoms with E-state index in [1.54, 1.807) is 0 Å². The van der Waals surface area contributed by atoms with Gasteiger partial charge in [-0.1, -0.05) is 13.8 Å². The van der Waals surface area contributed by atoms with E-state index in [0.29, 0.717) is 0 Å². The third-order valence-electron chi connectivity index (χ3n) is 3.74. The topological polar surface area (TPSA) is 47.0 Å². The average Bonchev–Trinajstić information content (AvgIpc) is 2.47. The van der Waals surface area contributed by atoms with E-state index in [2.05, 4.69) is 48.7 Å². The van der Waals surface area contributed by atoms with Gasteiger partial charge in [-0.15, -0.1) is 0 Å². The fraction of sp³-hybridized carbons (Fsp3) is 0.733. The number of nitrogens with zero attached hydrogens (tertiary/aromatic N) is 2. The zero-order valence-corrected chi connectivity index (χ0v) is 14.8. The van der Waals surface area contributed by atoms with E-state index < -0.39 is 0 Å². The van der Waals surface area contributed by atoms with Gasteiger partial charge < -0.3 is 10.1 Å². The van der Waals surface area contributed by atoms with Crippen LogP contribution >= 0.6 is 22.6 Å². The smallest absolute Gasteiger partial charge is 0.162 e. The Kier molecular flexibility index (Phi) is 5.60. The van der Waals surface area contributed by atoms with Crippen LogP contribution in [-0.2, 0) is 16.8 Å². The zero-order valence-electron chi connectivity index (χ0n) is 12.6. The lowest BCUT2D eigenvalue weighted by molar-refractivity contribution is -0.0761. The lowest BCUT2D eigenvalue weighted by atomic mass is 9.95. The SMILES string of the molecule is CCCNc1nc(C2(C)CCCCO2)nc(CC)c1I. The monoisotopic (exact) mass is 389 g/mol. The quantitative estimate of drug-likeness (QED) is 0.777. The van der Waals surface area contributed by atoms with Crippen molar-refractivity contribution in [3.05, 3.63) is 15.1 Å². The Balaban J connectivity index is 2.37. The van der Waals surface area contributed by atoms with Crippen LogP contribution in [0.25, 0.3) is 0 Å². The summed E-state index contributed by atoms with van der Waals surface area (Å²) >= 11 is 2.34. The van der Waals surface area contributed by atoms with Crippen LogP contribution in [0.15, 0.2) is 0 Å². The van der Waals surface area contributed by atoms with Crippen molar-refractivity contribution in [3.8, 4) is 0 Å². The molecule has 1 aromatic rings. The van der Waals surface area contributed by atoms with E-state index in [4.69, 9.17) is 14.7 Å². The molecular weight excluding hydrogens is 365 g/mol. The predicted molar refractivity (Wildman–Crippen MR) is 90.1 cm³/mol. The summed E-state index contributed by atoms with van der Waals surface area (Å²) in [6, 6.07) is 0. The highest BCUT2D eigenvalue weighted by molar-refractivity contribution is 14.1. The van der Waals surface area contributed by atoms with Gasteiger partial charge in [-0.3, -0.25) is 0 Å². The fourth-order valence-corrected chi connectivity index (χ4v) is 3.25. The highest BCUT2D eigenvalue weighted by atomic mass is 127. The Morgan fingerprint density at radius 3 is 2.70 bits per heavy atom. The summed E-state index contributed by atoms with van der Waals surface area (Å²) in [5.74, 6) is 1.80. The largest absolute Gasteiger partial charge is 0.369 e. The molecule has 1 fully saturated rings. The van der Waals surface area contributed by atoms with Crippen LogP contribution in [0.4, 0.5) is 5.82 Å². The number of hydrogen-bond donors (Lipinski definition) is 1. The molecule has 0 aliphatic carbocycles. The van der Waals surface area contributed by atoms with Crippen molar-refractivity contribution in [1.29, 1.82) is 0 Å². The summed E-state index contributed by atoms with van der Waals surface area (Å²) < 4.78 is 7.14. The number of nitrogens with one attached hydrogen (secondary N) is 1. The first-order valence-electron chi connectivity index (χ1n) is 7.55. The minimum Gasteiger partial charge on any atom is -0.369 e. The molecular formula is C15H24IN3O. The zero-order chi connectivity index (χ0) is 14.6. The Hall–Kier alpha value is -0.430. The summed E-state index contributed by atoms with van der Waals surface area (Å²) in [5, 5.41) is 3.42. The Labute approximate surface area is 135 Å². The summed E-state index contributed by atoms with van der Waals surface area (Å²) in [6.45, 7) is 8.17. The van der Waals surface area contributed by atoms with Gasteiger partial charge in [0.1, 0.15) is 11.4 Å². The van der Waals surface area contributed by atoms with Crippen LogP contribution in [0.1, 0.15) is 58.0 Å². The first kappa shape index (κ1) is 15.9. The Morgan fingerprint density at radius 2 is 2.10 bits per heavy atom. The highest BCUT2D eigenvalue weighted by Crippen LogP contribution is 2.34. The molecule has 0 saturated carbocycles. The average molecular weight is 389 g/mol. The van der Waals surface area contributed by atoms with Crippen molar-refractivity contribution < 1.29 is 4.74 Å². The molecule has 1 saturated heterocycles. The van der Waals surface area contributed by atoms with Crippen molar-refractivity contribution in [2.45, 2.75) is 58.5 Å². The molecule has 1 aliphatic rings. The second-order valence-corrected chi connectivity index (χ2v) is 6.55. The normalized spacial score (nSPS) is 22.8. The van der Waals surface area contributed by atoms with E-state index in [9.17, 15) is 0 Å². The molecule has 0 spiro atoms. The second-order valence-electron chi connectivity index (χ2n) is 5.47. The molecule has 2 rings (SSSR count). The standard InChI is InChI=1S/C15H24IN3O/c1-4-9-17-13-12(16)11(5-2)18-14(19-13)15(3)8-6-7-10-20-15/h4-10H2,1-3H3,(H,17,18,19). The lowest BCUT2D eigenvalue weighted by Gasteiger charge is -2.33. The number of hydrogen-bond acceptors (Lipinski definition) is 4. The molecule has 5 heteroatoms. The lowest BCUT2D eigenvalue weighted by Crippen LogP contribution is -2.33. The van der Waals surface area contributed by atoms with Crippen LogP contribution in [-0.4, -0.2) is 23.1 Å². The van der Waals surface area contributed by atoms with Gasteiger partial charge in [-0.25, -0.2) is 9.97 Å². The van der Waals surface area contributed by atoms with Crippen molar-refractivity contribution in [2.24, 2.45) is 0 Å². The second kappa shape index (κ2) is 7.02. The summed E-state index contributed by atoms with van der Waals surface area (Å²) in [4.78, 5) is 9.53. The summed E-state index contributed by atoms with van der Waals surface area (Å²) in [6.07, 6.45) is 5.34. The highest BCUT2D eigenvalue weighted by Gasteiger charge is 2.34. The van der Waals surface area contributed by atoms with E-state index in [0.717, 1.165) is 59.7 Å². The molecule has 2 heterocycles. The van der Waals surface area contributed by atoms with Crippen LogP contribution < -0.4 is 5.32 Å². The maximum atomic E-state index is 6.00. The third-order valence-corrected chi connectivity index (χ3v) is 4.87. The molecule has 1 aromatic heterocycles. The fourth-order valence-electron chi connectivity index (χ4n) is 2.44. The maximum Gasteiger partial charge on any atom is 0.162 e. The van der Waals surface area contributed by atoms with Crippen LogP contribution in [0, 0.1) is 3.57 Å². The van der Waals surface area contributed by atoms with Gasteiger partial charge in [0.25, 0.3) is 0 Å². The van der Waals surface area contributed by atoms with Crippen molar-refractivity contribution >= 4 is 28.4 Å². The van der Waals surface area contributed by atoms with E-state index in [1.165, 1.54) is 6.42 Å². The van der Waals surface area contributed by atoms with Gasteiger partial charge in [0, 0.05) is 13.2 Å². The number of halogens is 1. The first-order valence-corrected chi connectivity index (χ1v) is 8.63. The molecule has 1 unspecified atom stereocenters. The minimum absolute atomic E-state index is 0.324. The number of ether oxygens (including phenoxy) is 1. The Morgan fingerprint density at radius 1 is 1.30 bits per heavy atom. The molecule has 0 aromatic carbocycles. The summed E-state index contributed by atoms with van der Waals surface area (Å²) in [5.41, 5.74) is 0.791. The van der Waals surface area contributed by atoms with Gasteiger partial charge in [0.15, 0.2) is 5.82 Å². The summed E-state index contributed by atoms with van der Waals surface area (Å²) in [7, 11) is 0. The van der Waals surface area contributed by atoms with E-state index >= 15 is 0 Å². The molecule has 20 heavy (non-hydrogen) atoms. The first-order chi connectivity index (χ1) is 9.60. The van der Waals surface area contributed by atoms with Gasteiger partial charge >= 0.3 is 0 Å². The molecule has 0 radical (unpaired) electrons. The van der Waals surface area contributed by atoms with E-state index in [-0.39, 0.29) is 5.60 Å². The van der Waals surface area contributed by atoms with Gasteiger partial charge in [-0.05, 0) is 61.6 Å². The van der Waals surface area contributed by atoms with E-state index in [1.807, 2.05) is 0 Å². The molecule has 1 N–H and O–H groups in total. The minimum atomic E-state index is -0.324. The van der Waals surface area contributed by atoms with Crippen LogP contribution in [0.2, 0.25) is 0 Å². The predicted octanol–water partition coefficient (Wildman–Crippen LogP) is 3.88. The van der Waals surface area contributed by atoms with Gasteiger partial charge in [-0.2, -0.15) is 0 Å². The molecule has 0 bridgehead atoms. The molecule has 112 valence electrons. The molecule has 4 nitrogen and oxygen atoms in total. The number of aromatic nitrogens is 2. The van der Waals surface area contributed by atoms with Gasteiger partial charge in [0.05, 0.1) is 9.26 Å². The number of aryl methyl sites for hydroxylation is 1. The number of rotatable bonds is 5. The molecule has 1 atom stereocenters. The van der Waals surface area contributed by atoms with Crippen LogP contribution in [0.3, 0.4) is 0 Å². The van der Waals surface area contributed by atoms with Gasteiger partial charge in [0.2, 0.25) is 0 Å². The molecule has 0 amide bonds.